The molecule has 1 fully saturated rings. The summed E-state index contributed by atoms with van der Waals surface area (Å²) in [6, 6.07) is 8.56. The fourth-order valence-electron chi connectivity index (χ4n) is 3.97. The maximum absolute atomic E-state index is 12.6. The molecule has 0 saturated heterocycles. The zero-order valence-electron chi connectivity index (χ0n) is 15.9. The highest BCUT2D eigenvalue weighted by molar-refractivity contribution is 5.90. The molecule has 0 aliphatic heterocycles. The summed E-state index contributed by atoms with van der Waals surface area (Å²) in [4.78, 5) is 32.9. The summed E-state index contributed by atoms with van der Waals surface area (Å²) in [6.45, 7) is 3.65. The Hall–Kier alpha value is -3.22. The third-order valence-electron chi connectivity index (χ3n) is 5.38. The minimum atomic E-state index is -0.956. The van der Waals surface area contributed by atoms with E-state index in [2.05, 4.69) is 15.3 Å². The van der Waals surface area contributed by atoms with Crippen molar-refractivity contribution in [1.82, 2.24) is 14.5 Å². The molecule has 2 aromatic heterocycles. The summed E-state index contributed by atoms with van der Waals surface area (Å²) in [5.41, 5.74) is 3.01. The summed E-state index contributed by atoms with van der Waals surface area (Å²) < 4.78 is 1.81. The van der Waals surface area contributed by atoms with E-state index < -0.39 is 5.97 Å². The summed E-state index contributed by atoms with van der Waals surface area (Å²) in [5.74, 6) is -0.563. The normalized spacial score (nSPS) is 14.5. The van der Waals surface area contributed by atoms with Crippen LogP contribution in [-0.2, 0) is 0 Å². The smallest absolute Gasteiger partial charge is 0.335 e. The van der Waals surface area contributed by atoms with E-state index in [1.807, 2.05) is 6.92 Å². The van der Waals surface area contributed by atoms with E-state index in [1.54, 1.807) is 41.8 Å². The van der Waals surface area contributed by atoms with Gasteiger partial charge in [-0.05, 0) is 56.5 Å². The van der Waals surface area contributed by atoms with Gasteiger partial charge in [0, 0.05) is 23.2 Å². The number of anilines is 2. The molecule has 0 atom stereocenters. The number of pyridine rings is 1. The second kappa shape index (κ2) is 7.07. The van der Waals surface area contributed by atoms with Crippen LogP contribution >= 0.6 is 0 Å². The van der Waals surface area contributed by atoms with Crippen molar-refractivity contribution in [3.8, 4) is 0 Å². The number of aryl methyl sites for hydroxylation is 2. The predicted octanol–water partition coefficient (Wildman–Crippen LogP) is 3.97. The molecule has 0 radical (unpaired) electrons. The van der Waals surface area contributed by atoms with Crippen molar-refractivity contribution in [2.75, 3.05) is 5.32 Å². The number of hydrogen-bond donors (Lipinski definition) is 2. The van der Waals surface area contributed by atoms with Crippen LogP contribution in [-0.4, -0.2) is 25.6 Å². The number of benzene rings is 1. The largest absolute Gasteiger partial charge is 0.478 e. The highest BCUT2D eigenvalue weighted by Gasteiger charge is 2.21. The molecule has 2 N–H and O–H groups in total. The van der Waals surface area contributed by atoms with Gasteiger partial charge in [0.1, 0.15) is 5.65 Å². The van der Waals surface area contributed by atoms with Gasteiger partial charge >= 0.3 is 5.97 Å². The van der Waals surface area contributed by atoms with Crippen molar-refractivity contribution in [3.63, 3.8) is 0 Å². The Balaban J connectivity index is 1.78. The molecule has 4 rings (SSSR count). The van der Waals surface area contributed by atoms with Crippen LogP contribution in [0.5, 0.6) is 0 Å². The molecule has 1 saturated carbocycles. The quantitative estimate of drug-likeness (QED) is 0.713. The average molecular weight is 378 g/mol. The van der Waals surface area contributed by atoms with Crippen LogP contribution < -0.4 is 10.9 Å². The number of carbonyl (C=O) groups is 1. The Kier molecular flexibility index (Phi) is 4.58. The summed E-state index contributed by atoms with van der Waals surface area (Å²) >= 11 is 0. The van der Waals surface area contributed by atoms with Gasteiger partial charge < -0.3 is 10.4 Å². The fourth-order valence-corrected chi connectivity index (χ4v) is 3.97. The Labute approximate surface area is 162 Å². The lowest BCUT2D eigenvalue weighted by Crippen LogP contribution is -2.24. The van der Waals surface area contributed by atoms with Gasteiger partial charge in [-0.25, -0.2) is 9.78 Å². The molecule has 1 aliphatic carbocycles. The molecule has 1 aliphatic rings. The van der Waals surface area contributed by atoms with Gasteiger partial charge in [-0.1, -0.05) is 12.8 Å². The van der Waals surface area contributed by atoms with Crippen molar-refractivity contribution in [3.05, 3.63) is 57.5 Å². The molecule has 7 heteroatoms. The number of fused-ring (bicyclic) bond motifs is 1. The molecular formula is C21H22N4O3. The van der Waals surface area contributed by atoms with E-state index in [-0.39, 0.29) is 17.2 Å². The lowest BCUT2D eigenvalue weighted by molar-refractivity contribution is 0.0696. The maximum Gasteiger partial charge on any atom is 0.335 e. The fraction of sp³-hybridized carbons (Fsp3) is 0.333. The van der Waals surface area contributed by atoms with Crippen LogP contribution in [0.2, 0.25) is 0 Å². The van der Waals surface area contributed by atoms with Crippen LogP contribution in [0.1, 0.15) is 53.3 Å². The second-order valence-electron chi connectivity index (χ2n) is 7.31. The second-order valence-corrected chi connectivity index (χ2v) is 7.31. The standard InChI is InChI=1S/C21H22N4O3/c1-12-11-14(7-8-16(12)20(27)28)23-21-22-13(2)17-9-10-18(26)25(19(17)24-21)15-5-3-4-6-15/h7-11,15H,3-6H2,1-2H3,(H,27,28)(H,22,23,24). The van der Waals surface area contributed by atoms with Gasteiger partial charge in [0.05, 0.1) is 11.3 Å². The van der Waals surface area contributed by atoms with Gasteiger partial charge in [0.15, 0.2) is 0 Å². The molecule has 2 heterocycles. The number of aromatic nitrogens is 3. The van der Waals surface area contributed by atoms with Crippen LogP contribution in [0.15, 0.2) is 35.1 Å². The molecular weight excluding hydrogens is 356 g/mol. The van der Waals surface area contributed by atoms with Gasteiger partial charge in [-0.15, -0.1) is 0 Å². The Morgan fingerprint density at radius 1 is 1.14 bits per heavy atom. The van der Waals surface area contributed by atoms with E-state index in [1.165, 1.54) is 0 Å². The SMILES string of the molecule is Cc1cc(Nc2nc(C)c3ccc(=O)n(C4CCCC4)c3n2)ccc1C(=O)O. The first-order valence-corrected chi connectivity index (χ1v) is 9.45. The van der Waals surface area contributed by atoms with Crippen LogP contribution in [0.25, 0.3) is 11.0 Å². The molecule has 0 amide bonds. The van der Waals surface area contributed by atoms with Crippen molar-refractivity contribution in [2.24, 2.45) is 0 Å². The van der Waals surface area contributed by atoms with E-state index in [4.69, 9.17) is 0 Å². The van der Waals surface area contributed by atoms with Gasteiger partial charge in [-0.2, -0.15) is 4.98 Å². The number of rotatable bonds is 4. The predicted molar refractivity (Wildman–Crippen MR) is 107 cm³/mol. The number of carboxylic acid groups (broad SMARTS) is 1. The van der Waals surface area contributed by atoms with Gasteiger partial charge in [-0.3, -0.25) is 9.36 Å². The lowest BCUT2D eigenvalue weighted by atomic mass is 10.1. The van der Waals surface area contributed by atoms with Crippen LogP contribution in [0.4, 0.5) is 11.6 Å². The summed E-state index contributed by atoms with van der Waals surface area (Å²) in [6.07, 6.45) is 4.22. The lowest BCUT2D eigenvalue weighted by Gasteiger charge is -2.17. The van der Waals surface area contributed by atoms with Gasteiger partial charge in [0.2, 0.25) is 5.95 Å². The number of nitrogens with one attached hydrogen (secondary N) is 1. The maximum atomic E-state index is 12.6. The van der Waals surface area contributed by atoms with E-state index in [0.29, 0.717) is 22.8 Å². The highest BCUT2D eigenvalue weighted by Crippen LogP contribution is 2.31. The molecule has 28 heavy (non-hydrogen) atoms. The Bertz CT molecular complexity index is 1130. The van der Waals surface area contributed by atoms with Crippen molar-refractivity contribution in [1.29, 1.82) is 0 Å². The number of hydrogen-bond acceptors (Lipinski definition) is 5. The third kappa shape index (κ3) is 3.24. The zero-order chi connectivity index (χ0) is 19.8. The van der Waals surface area contributed by atoms with E-state index in [9.17, 15) is 14.7 Å². The van der Waals surface area contributed by atoms with Gasteiger partial charge in [0.25, 0.3) is 5.56 Å². The highest BCUT2D eigenvalue weighted by atomic mass is 16.4. The summed E-state index contributed by atoms with van der Waals surface area (Å²) in [7, 11) is 0. The minimum absolute atomic E-state index is 0.0369. The summed E-state index contributed by atoms with van der Waals surface area (Å²) in [5, 5.41) is 13.2. The number of aromatic carboxylic acids is 1. The molecule has 0 unspecified atom stereocenters. The van der Waals surface area contributed by atoms with Crippen molar-refractivity contribution in [2.45, 2.75) is 45.6 Å². The average Bonchev–Trinajstić information content (AvgIpc) is 3.15. The molecule has 144 valence electrons. The molecule has 0 bridgehead atoms. The molecule has 3 aromatic rings. The first kappa shape index (κ1) is 18.2. The third-order valence-corrected chi connectivity index (χ3v) is 5.38. The Morgan fingerprint density at radius 2 is 1.89 bits per heavy atom. The van der Waals surface area contributed by atoms with Crippen LogP contribution in [0.3, 0.4) is 0 Å². The first-order valence-electron chi connectivity index (χ1n) is 9.45. The van der Waals surface area contributed by atoms with E-state index >= 15 is 0 Å². The minimum Gasteiger partial charge on any atom is -0.478 e. The first-order chi connectivity index (χ1) is 13.4. The van der Waals surface area contributed by atoms with Crippen molar-refractivity contribution < 1.29 is 9.90 Å². The Morgan fingerprint density at radius 3 is 2.57 bits per heavy atom. The van der Waals surface area contributed by atoms with E-state index in [0.717, 1.165) is 36.8 Å². The molecule has 0 spiro atoms. The van der Waals surface area contributed by atoms with Crippen molar-refractivity contribution >= 4 is 28.6 Å². The molecule has 7 nitrogen and oxygen atoms in total. The zero-order valence-corrected chi connectivity index (χ0v) is 15.9. The number of nitrogens with zero attached hydrogens (tertiary/aromatic N) is 3. The number of carboxylic acids is 1. The monoisotopic (exact) mass is 378 g/mol. The van der Waals surface area contributed by atoms with Crippen LogP contribution in [0, 0.1) is 13.8 Å². The topological polar surface area (TPSA) is 97.1 Å². The molecule has 1 aromatic carbocycles.